The number of fused-ring (bicyclic) bond motifs is 2. The summed E-state index contributed by atoms with van der Waals surface area (Å²) in [6.07, 6.45) is 8.95. The van der Waals surface area contributed by atoms with Crippen LogP contribution in [0.25, 0.3) is 0 Å². The van der Waals surface area contributed by atoms with Crippen molar-refractivity contribution in [1.29, 1.82) is 0 Å². The van der Waals surface area contributed by atoms with Crippen LogP contribution in [0.5, 0.6) is 0 Å². The molecule has 0 aromatic rings. The summed E-state index contributed by atoms with van der Waals surface area (Å²) in [6, 6.07) is 0.596. The maximum atomic E-state index is 12.5. The highest BCUT2D eigenvalue weighted by molar-refractivity contribution is 5.77. The minimum atomic E-state index is 0.462. The van der Waals surface area contributed by atoms with Gasteiger partial charge >= 0.3 is 0 Å². The third kappa shape index (κ3) is 2.57. The second-order valence-electron chi connectivity index (χ2n) is 7.31. The van der Waals surface area contributed by atoms with Gasteiger partial charge in [0, 0.05) is 19.0 Å². The number of carbonyl (C=O) groups is 1. The quantitative estimate of drug-likeness (QED) is 0.730. The number of carbonyl (C=O) groups excluding carboxylic acids is 1. The van der Waals surface area contributed by atoms with Gasteiger partial charge in [-0.1, -0.05) is 20.3 Å². The van der Waals surface area contributed by atoms with Crippen LogP contribution in [-0.2, 0) is 4.79 Å². The Hall–Kier alpha value is -0.530. The molecule has 3 atom stereocenters. The molecule has 3 aliphatic carbocycles. The molecule has 0 aromatic carbocycles. The topological polar surface area (TPSA) is 20.3 Å². The van der Waals surface area contributed by atoms with Gasteiger partial charge in [-0.15, -0.1) is 0 Å². The van der Waals surface area contributed by atoms with E-state index in [1.165, 1.54) is 38.5 Å². The first kappa shape index (κ1) is 12.5. The van der Waals surface area contributed by atoms with Gasteiger partial charge in [0.1, 0.15) is 0 Å². The van der Waals surface area contributed by atoms with E-state index in [4.69, 9.17) is 0 Å². The summed E-state index contributed by atoms with van der Waals surface area (Å²) < 4.78 is 0. The fraction of sp³-hybridized carbons (Fsp3) is 0.938. The second kappa shape index (κ2) is 4.86. The first-order valence-electron chi connectivity index (χ1n) is 7.93. The van der Waals surface area contributed by atoms with Gasteiger partial charge in [0.15, 0.2) is 0 Å². The summed E-state index contributed by atoms with van der Waals surface area (Å²) >= 11 is 0. The van der Waals surface area contributed by atoms with Crippen LogP contribution in [0.3, 0.4) is 0 Å². The molecule has 18 heavy (non-hydrogen) atoms. The number of hydrogen-bond acceptors (Lipinski definition) is 1. The zero-order valence-electron chi connectivity index (χ0n) is 11.9. The van der Waals surface area contributed by atoms with E-state index in [1.54, 1.807) is 0 Å². The van der Waals surface area contributed by atoms with Crippen molar-refractivity contribution in [3.63, 3.8) is 0 Å². The van der Waals surface area contributed by atoms with E-state index in [2.05, 4.69) is 18.7 Å². The molecule has 0 aliphatic heterocycles. The van der Waals surface area contributed by atoms with Gasteiger partial charge in [0.2, 0.25) is 5.91 Å². The summed E-state index contributed by atoms with van der Waals surface area (Å²) in [5.41, 5.74) is 0. The fourth-order valence-corrected chi connectivity index (χ4v) is 4.20. The van der Waals surface area contributed by atoms with Crippen LogP contribution in [0.15, 0.2) is 0 Å². The number of amides is 1. The molecule has 0 radical (unpaired) electrons. The smallest absolute Gasteiger partial charge is 0.223 e. The Bertz CT molecular complexity index is 321. The summed E-state index contributed by atoms with van der Waals surface area (Å²) in [7, 11) is 0. The standard InChI is InChI=1S/C16H27NO/c1-11(2)10-17(15-5-6-15)16(18)9-14-8-12-3-4-13(14)7-12/h11-15H,3-10H2,1-2H3. The molecule has 0 heterocycles. The fourth-order valence-electron chi connectivity index (χ4n) is 4.20. The van der Waals surface area contributed by atoms with E-state index < -0.39 is 0 Å². The van der Waals surface area contributed by atoms with Crippen molar-refractivity contribution in [3.05, 3.63) is 0 Å². The number of rotatable bonds is 5. The Morgan fingerprint density at radius 2 is 1.94 bits per heavy atom. The molecule has 0 spiro atoms. The van der Waals surface area contributed by atoms with Gasteiger partial charge in [-0.3, -0.25) is 4.79 Å². The Kier molecular flexibility index (Phi) is 3.38. The first-order chi connectivity index (χ1) is 8.63. The molecule has 0 N–H and O–H groups in total. The van der Waals surface area contributed by atoms with Crippen molar-refractivity contribution in [3.8, 4) is 0 Å². The van der Waals surface area contributed by atoms with Crippen molar-refractivity contribution in [2.75, 3.05) is 6.54 Å². The monoisotopic (exact) mass is 249 g/mol. The average molecular weight is 249 g/mol. The summed E-state index contributed by atoms with van der Waals surface area (Å²) in [5, 5.41) is 0. The van der Waals surface area contributed by atoms with Gasteiger partial charge in [0.25, 0.3) is 0 Å². The molecule has 2 bridgehead atoms. The lowest BCUT2D eigenvalue weighted by Gasteiger charge is -2.28. The highest BCUT2D eigenvalue weighted by Crippen LogP contribution is 2.49. The lowest BCUT2D eigenvalue weighted by molar-refractivity contribution is -0.133. The van der Waals surface area contributed by atoms with Crippen LogP contribution in [0.2, 0.25) is 0 Å². The Labute approximate surface area is 111 Å². The number of hydrogen-bond donors (Lipinski definition) is 0. The Balaban J connectivity index is 1.55. The number of nitrogens with zero attached hydrogens (tertiary/aromatic N) is 1. The minimum absolute atomic E-state index is 0.462. The molecule has 1 amide bonds. The van der Waals surface area contributed by atoms with Crippen molar-refractivity contribution in [2.45, 2.75) is 64.8 Å². The van der Waals surface area contributed by atoms with Crippen molar-refractivity contribution in [2.24, 2.45) is 23.7 Å². The molecule has 0 aromatic heterocycles. The SMILES string of the molecule is CC(C)CN(C(=O)CC1CC2CCC1C2)C1CC1. The van der Waals surface area contributed by atoms with Gasteiger partial charge < -0.3 is 4.90 Å². The van der Waals surface area contributed by atoms with E-state index in [-0.39, 0.29) is 0 Å². The molecule has 3 rings (SSSR count). The summed E-state index contributed by atoms with van der Waals surface area (Å²) in [6.45, 7) is 5.42. The minimum Gasteiger partial charge on any atom is -0.339 e. The normalized spacial score (nSPS) is 34.3. The zero-order chi connectivity index (χ0) is 12.7. The maximum Gasteiger partial charge on any atom is 0.223 e. The summed E-state index contributed by atoms with van der Waals surface area (Å²) in [4.78, 5) is 14.7. The first-order valence-corrected chi connectivity index (χ1v) is 7.93. The second-order valence-corrected chi connectivity index (χ2v) is 7.31. The average Bonchev–Trinajstić information content (AvgIpc) is 2.95. The van der Waals surface area contributed by atoms with E-state index >= 15 is 0 Å². The van der Waals surface area contributed by atoms with E-state index in [9.17, 15) is 4.79 Å². The molecule has 3 fully saturated rings. The van der Waals surface area contributed by atoms with E-state index in [0.29, 0.717) is 17.9 Å². The van der Waals surface area contributed by atoms with Crippen LogP contribution in [0.4, 0.5) is 0 Å². The zero-order valence-corrected chi connectivity index (χ0v) is 11.9. The molecule has 2 heteroatoms. The summed E-state index contributed by atoms with van der Waals surface area (Å²) in [5.74, 6) is 3.65. The molecule has 2 nitrogen and oxygen atoms in total. The van der Waals surface area contributed by atoms with Crippen molar-refractivity contribution < 1.29 is 4.79 Å². The highest BCUT2D eigenvalue weighted by Gasteiger charge is 2.42. The van der Waals surface area contributed by atoms with Gasteiger partial charge in [0.05, 0.1) is 0 Å². The molecule has 3 saturated carbocycles. The van der Waals surface area contributed by atoms with Crippen LogP contribution in [-0.4, -0.2) is 23.4 Å². The molecular weight excluding hydrogens is 222 g/mol. The Morgan fingerprint density at radius 1 is 1.17 bits per heavy atom. The predicted molar refractivity (Wildman–Crippen MR) is 73.1 cm³/mol. The largest absolute Gasteiger partial charge is 0.339 e. The molecule has 0 saturated heterocycles. The molecule has 3 aliphatic rings. The van der Waals surface area contributed by atoms with Crippen molar-refractivity contribution >= 4 is 5.91 Å². The molecule has 3 unspecified atom stereocenters. The van der Waals surface area contributed by atoms with Gasteiger partial charge in [-0.05, 0) is 55.8 Å². The van der Waals surface area contributed by atoms with Crippen LogP contribution < -0.4 is 0 Å². The van der Waals surface area contributed by atoms with Gasteiger partial charge in [-0.2, -0.15) is 0 Å². The predicted octanol–water partition coefficient (Wildman–Crippen LogP) is 3.46. The van der Waals surface area contributed by atoms with Crippen LogP contribution in [0, 0.1) is 23.7 Å². The van der Waals surface area contributed by atoms with E-state index in [1.807, 2.05) is 0 Å². The van der Waals surface area contributed by atoms with E-state index in [0.717, 1.165) is 30.7 Å². The van der Waals surface area contributed by atoms with Crippen LogP contribution >= 0.6 is 0 Å². The molecule has 102 valence electrons. The molecular formula is C16H27NO. The lowest BCUT2D eigenvalue weighted by atomic mass is 9.86. The third-order valence-corrected chi connectivity index (χ3v) is 5.19. The Morgan fingerprint density at radius 3 is 2.44 bits per heavy atom. The highest BCUT2D eigenvalue weighted by atomic mass is 16.2. The lowest BCUT2D eigenvalue weighted by Crippen LogP contribution is -2.37. The maximum absolute atomic E-state index is 12.5. The van der Waals surface area contributed by atoms with Crippen LogP contribution in [0.1, 0.15) is 58.8 Å². The van der Waals surface area contributed by atoms with Crippen molar-refractivity contribution in [1.82, 2.24) is 4.90 Å². The van der Waals surface area contributed by atoms with Gasteiger partial charge in [-0.25, -0.2) is 0 Å². The third-order valence-electron chi connectivity index (χ3n) is 5.19.